The van der Waals surface area contributed by atoms with Crippen LogP contribution >= 0.6 is 11.3 Å². The minimum atomic E-state index is -0.297. The van der Waals surface area contributed by atoms with Crippen molar-refractivity contribution in [3.05, 3.63) is 50.2 Å². The summed E-state index contributed by atoms with van der Waals surface area (Å²) in [5.74, 6) is 0.824. The van der Waals surface area contributed by atoms with Gasteiger partial charge in [0.1, 0.15) is 10.4 Å². The second kappa shape index (κ2) is 5.19. The van der Waals surface area contributed by atoms with E-state index < -0.39 is 0 Å². The molecule has 0 saturated heterocycles. The molecule has 2 aromatic rings. The number of fused-ring (bicyclic) bond motifs is 3. The van der Waals surface area contributed by atoms with Gasteiger partial charge in [-0.25, -0.2) is 4.99 Å². The Hall–Kier alpha value is -1.81. The van der Waals surface area contributed by atoms with Crippen molar-refractivity contribution in [1.82, 2.24) is 0 Å². The van der Waals surface area contributed by atoms with Crippen molar-refractivity contribution in [2.24, 2.45) is 4.99 Å². The molecule has 2 heterocycles. The Bertz CT molecular complexity index is 794. The van der Waals surface area contributed by atoms with Gasteiger partial charge in [-0.2, -0.15) is 0 Å². The van der Waals surface area contributed by atoms with E-state index in [1.165, 1.54) is 34.9 Å². The summed E-state index contributed by atoms with van der Waals surface area (Å²) in [4.78, 5) is 6.31. The van der Waals surface area contributed by atoms with Crippen molar-refractivity contribution in [2.45, 2.75) is 31.9 Å². The third kappa shape index (κ3) is 2.14. The normalized spacial score (nSPS) is 19.6. The summed E-state index contributed by atoms with van der Waals surface area (Å²) >= 11 is 1.83. The Kier molecular flexibility index (Phi) is 3.19. The maximum Gasteiger partial charge on any atom is 0.219 e. The second-order valence-electron chi connectivity index (χ2n) is 5.41. The monoisotopic (exact) mass is 299 g/mol. The summed E-state index contributed by atoms with van der Waals surface area (Å²) in [7, 11) is 1.68. The Labute approximate surface area is 127 Å². The van der Waals surface area contributed by atoms with Gasteiger partial charge < -0.3 is 9.47 Å². The molecule has 0 fully saturated rings. The van der Waals surface area contributed by atoms with Crippen LogP contribution in [0.5, 0.6) is 5.75 Å². The molecule has 2 aliphatic rings. The fraction of sp³-hybridized carbons (Fsp3) is 0.353. The number of hydrogen-bond donors (Lipinski definition) is 0. The average molecular weight is 299 g/mol. The highest BCUT2D eigenvalue weighted by atomic mass is 32.1. The second-order valence-corrected chi connectivity index (χ2v) is 6.49. The van der Waals surface area contributed by atoms with Crippen molar-refractivity contribution >= 4 is 17.6 Å². The number of para-hydroxylation sites is 1. The lowest BCUT2D eigenvalue weighted by Crippen LogP contribution is -2.28. The highest BCUT2D eigenvalue weighted by Crippen LogP contribution is 2.30. The molecule has 1 aromatic carbocycles. The molecule has 0 spiro atoms. The number of benzene rings is 1. The zero-order valence-electron chi connectivity index (χ0n) is 12.0. The highest BCUT2D eigenvalue weighted by Gasteiger charge is 2.21. The number of rotatable bonds is 2. The molecular weight excluding hydrogens is 282 g/mol. The molecule has 1 aromatic heterocycles. The number of ether oxygens (including phenoxy) is 2. The van der Waals surface area contributed by atoms with Crippen LogP contribution in [0.1, 0.15) is 35.1 Å². The molecule has 1 unspecified atom stereocenters. The third-order valence-electron chi connectivity index (χ3n) is 4.15. The molecule has 0 radical (unpaired) electrons. The molecule has 0 bridgehead atoms. The van der Waals surface area contributed by atoms with Gasteiger partial charge in [0.25, 0.3) is 0 Å². The molecule has 108 valence electrons. The van der Waals surface area contributed by atoms with Gasteiger partial charge in [0.15, 0.2) is 0 Å². The van der Waals surface area contributed by atoms with Crippen molar-refractivity contribution in [3.63, 3.8) is 0 Å². The van der Waals surface area contributed by atoms with Gasteiger partial charge in [-0.1, -0.05) is 12.1 Å². The first kappa shape index (κ1) is 12.9. The molecular formula is C17H17NO2S. The van der Waals surface area contributed by atoms with Crippen molar-refractivity contribution in [1.29, 1.82) is 0 Å². The lowest BCUT2D eigenvalue weighted by atomic mass is 9.98. The summed E-state index contributed by atoms with van der Waals surface area (Å²) in [6.07, 6.45) is 6.53. The van der Waals surface area contributed by atoms with Crippen LogP contribution in [-0.2, 0) is 17.6 Å². The maximum atomic E-state index is 5.89. The Morgan fingerprint density at radius 2 is 2.10 bits per heavy atom. The predicted molar refractivity (Wildman–Crippen MR) is 83.0 cm³/mol. The van der Waals surface area contributed by atoms with Gasteiger partial charge in [-0.15, -0.1) is 11.3 Å². The first-order valence-electron chi connectivity index (χ1n) is 7.34. The molecule has 0 amide bonds. The van der Waals surface area contributed by atoms with E-state index in [2.05, 4.69) is 0 Å². The molecule has 1 aliphatic carbocycles. The lowest BCUT2D eigenvalue weighted by Gasteiger charge is -2.17. The number of nitrogens with zero attached hydrogens (tertiary/aromatic N) is 1. The smallest absolute Gasteiger partial charge is 0.219 e. The highest BCUT2D eigenvalue weighted by molar-refractivity contribution is 7.09. The fourth-order valence-corrected chi connectivity index (χ4v) is 4.32. The molecule has 0 saturated carbocycles. The molecule has 1 atom stereocenters. The van der Waals surface area contributed by atoms with Gasteiger partial charge >= 0.3 is 0 Å². The first-order valence-corrected chi connectivity index (χ1v) is 8.15. The van der Waals surface area contributed by atoms with Crippen LogP contribution in [0.3, 0.4) is 0 Å². The van der Waals surface area contributed by atoms with E-state index in [-0.39, 0.29) is 6.23 Å². The van der Waals surface area contributed by atoms with Crippen LogP contribution in [0.4, 0.5) is 0 Å². The van der Waals surface area contributed by atoms with Gasteiger partial charge in [0.2, 0.25) is 6.23 Å². The van der Waals surface area contributed by atoms with E-state index in [1.54, 1.807) is 7.11 Å². The van der Waals surface area contributed by atoms with E-state index >= 15 is 0 Å². The largest absolute Gasteiger partial charge is 0.496 e. The van der Waals surface area contributed by atoms with E-state index in [0.717, 1.165) is 22.4 Å². The van der Waals surface area contributed by atoms with Crippen LogP contribution in [-0.4, -0.2) is 7.11 Å². The van der Waals surface area contributed by atoms with E-state index in [4.69, 9.17) is 14.5 Å². The molecule has 3 nitrogen and oxygen atoms in total. The zero-order valence-corrected chi connectivity index (χ0v) is 12.8. The molecule has 21 heavy (non-hydrogen) atoms. The van der Waals surface area contributed by atoms with Crippen LogP contribution in [0, 0.1) is 0 Å². The SMILES string of the molecule is COc1ccccc1C1N=c2sc3c(c2=CO1)CCCC3. The lowest BCUT2D eigenvalue weighted by molar-refractivity contribution is 0.178. The van der Waals surface area contributed by atoms with Gasteiger partial charge in [-0.3, -0.25) is 0 Å². The average Bonchev–Trinajstić information content (AvgIpc) is 2.92. The first-order chi connectivity index (χ1) is 10.4. The quantitative estimate of drug-likeness (QED) is 0.853. The van der Waals surface area contributed by atoms with Crippen molar-refractivity contribution < 1.29 is 9.47 Å². The van der Waals surface area contributed by atoms with Crippen LogP contribution in [0.25, 0.3) is 6.26 Å². The van der Waals surface area contributed by atoms with Crippen molar-refractivity contribution in [2.75, 3.05) is 7.11 Å². The fourth-order valence-electron chi connectivity index (χ4n) is 3.08. The van der Waals surface area contributed by atoms with Gasteiger partial charge in [0.05, 0.1) is 18.9 Å². The maximum absolute atomic E-state index is 5.89. The van der Waals surface area contributed by atoms with E-state index in [0.29, 0.717) is 0 Å². The Balaban J connectivity index is 1.80. The Morgan fingerprint density at radius 3 is 3.00 bits per heavy atom. The van der Waals surface area contributed by atoms with Crippen LogP contribution in [0.15, 0.2) is 29.3 Å². The Morgan fingerprint density at radius 1 is 1.24 bits per heavy atom. The van der Waals surface area contributed by atoms with Gasteiger partial charge in [0, 0.05) is 10.1 Å². The van der Waals surface area contributed by atoms with E-state index in [1.807, 2.05) is 41.9 Å². The van der Waals surface area contributed by atoms with Crippen molar-refractivity contribution in [3.8, 4) is 5.75 Å². The number of aryl methyl sites for hydroxylation is 1. The van der Waals surface area contributed by atoms with Crippen LogP contribution < -0.4 is 14.6 Å². The van der Waals surface area contributed by atoms with E-state index in [9.17, 15) is 0 Å². The minimum Gasteiger partial charge on any atom is -0.496 e. The predicted octanol–water partition coefficient (Wildman–Crippen LogP) is 2.72. The summed E-state index contributed by atoms with van der Waals surface area (Å²) in [5.41, 5.74) is 2.44. The topological polar surface area (TPSA) is 30.8 Å². The molecule has 1 aliphatic heterocycles. The summed E-state index contributed by atoms with van der Waals surface area (Å²) in [6, 6.07) is 7.92. The molecule has 0 N–H and O–H groups in total. The minimum absolute atomic E-state index is 0.297. The number of thiophene rings is 1. The third-order valence-corrected chi connectivity index (χ3v) is 5.36. The van der Waals surface area contributed by atoms with Crippen LogP contribution in [0.2, 0.25) is 0 Å². The summed E-state index contributed by atoms with van der Waals surface area (Å²) in [6.45, 7) is 0. The van der Waals surface area contributed by atoms with Gasteiger partial charge in [-0.05, 0) is 43.4 Å². The summed E-state index contributed by atoms with van der Waals surface area (Å²) in [5, 5.41) is 1.21. The molecule has 4 heteroatoms. The standard InChI is InChI=1S/C17H17NO2S/c1-19-14-8-4-2-7-12(14)16-18-17-13(10-20-16)11-6-3-5-9-15(11)21-17/h2,4,7-8,10,16H,3,5-6,9H2,1H3. The zero-order chi connectivity index (χ0) is 14.2. The molecule has 4 rings (SSSR count). The number of hydrogen-bond acceptors (Lipinski definition) is 4. The number of methoxy groups -OCH3 is 1. The summed E-state index contributed by atoms with van der Waals surface area (Å²) < 4.78 is 12.4.